The van der Waals surface area contributed by atoms with Crippen LogP contribution in [0.1, 0.15) is 18.6 Å². The first-order chi connectivity index (χ1) is 7.64. The van der Waals surface area contributed by atoms with Crippen molar-refractivity contribution in [3.63, 3.8) is 0 Å². The summed E-state index contributed by atoms with van der Waals surface area (Å²) in [6.45, 7) is 1.42. The van der Waals surface area contributed by atoms with Gasteiger partial charge in [0.05, 0.1) is 0 Å². The highest BCUT2D eigenvalue weighted by Crippen LogP contribution is 2.35. The van der Waals surface area contributed by atoms with E-state index in [1.165, 1.54) is 0 Å². The molecule has 1 heterocycles. The molecule has 1 atom stereocenters. The van der Waals surface area contributed by atoms with Crippen LogP contribution >= 0.6 is 0 Å². The summed E-state index contributed by atoms with van der Waals surface area (Å²) in [5.41, 5.74) is 2.54. The molecule has 1 unspecified atom stereocenters. The first-order valence-corrected chi connectivity index (χ1v) is 4.98. The number of alkyl halides is 3. The summed E-state index contributed by atoms with van der Waals surface area (Å²) in [6.07, 6.45) is -4.22. The number of rotatable bonds is 4. The molecule has 0 amide bonds. The highest BCUT2D eigenvalue weighted by atomic mass is 19.4. The molecule has 0 saturated heterocycles. The summed E-state index contributed by atoms with van der Waals surface area (Å²) in [6, 6.07) is 0. The highest BCUT2D eigenvalue weighted by molar-refractivity contribution is 5.04. The van der Waals surface area contributed by atoms with Gasteiger partial charge in [-0.25, -0.2) is 0 Å². The Hall–Kier alpha value is -1.15. The summed E-state index contributed by atoms with van der Waals surface area (Å²) >= 11 is 0. The number of likely N-dealkylation sites (N-methyl/N-ethyl adjacent to an activating group) is 1. The lowest BCUT2D eigenvalue weighted by molar-refractivity contribution is -0.190. The van der Waals surface area contributed by atoms with Crippen molar-refractivity contribution in [3.05, 3.63) is 11.7 Å². The van der Waals surface area contributed by atoms with Gasteiger partial charge in [0.2, 0.25) is 0 Å². The highest BCUT2D eigenvalue weighted by Gasteiger charge is 2.53. The monoisotopic (exact) mass is 252 g/mol. The van der Waals surface area contributed by atoms with Gasteiger partial charge in [-0.05, 0) is 21.0 Å². The molecule has 1 aromatic heterocycles. The van der Waals surface area contributed by atoms with Crippen molar-refractivity contribution in [1.82, 2.24) is 15.0 Å². The van der Waals surface area contributed by atoms with E-state index in [9.17, 15) is 13.2 Å². The van der Waals surface area contributed by atoms with Gasteiger partial charge in [0.1, 0.15) is 0 Å². The molecular weight excluding hydrogens is 237 g/mol. The van der Waals surface area contributed by atoms with Crippen molar-refractivity contribution in [3.8, 4) is 0 Å². The molecule has 0 fully saturated rings. The van der Waals surface area contributed by atoms with Gasteiger partial charge in [-0.1, -0.05) is 5.16 Å². The number of nitrogens with zero attached hydrogens (tertiary/aromatic N) is 3. The normalized spacial score (nSPS) is 16.2. The maximum atomic E-state index is 12.6. The molecule has 0 aliphatic carbocycles. The summed E-state index contributed by atoms with van der Waals surface area (Å²) in [5, 5.41) is 3.48. The van der Waals surface area contributed by atoms with Crippen LogP contribution in [0.15, 0.2) is 4.52 Å². The van der Waals surface area contributed by atoms with E-state index in [1.54, 1.807) is 0 Å². The first-order valence-electron chi connectivity index (χ1n) is 4.98. The fraction of sp³-hybridized carbons (Fsp3) is 0.778. The fourth-order valence-corrected chi connectivity index (χ4v) is 1.01. The van der Waals surface area contributed by atoms with Crippen molar-refractivity contribution < 1.29 is 17.7 Å². The van der Waals surface area contributed by atoms with E-state index in [0.717, 1.165) is 6.92 Å². The minimum atomic E-state index is -4.63. The van der Waals surface area contributed by atoms with E-state index in [-0.39, 0.29) is 5.82 Å². The summed E-state index contributed by atoms with van der Waals surface area (Å²) in [7, 11) is 3.67. The van der Waals surface area contributed by atoms with E-state index in [0.29, 0.717) is 13.0 Å². The molecule has 0 radical (unpaired) electrons. The Labute approximate surface area is 96.8 Å². The number of hydrogen-bond acceptors (Lipinski definition) is 5. The Morgan fingerprint density at radius 2 is 1.94 bits per heavy atom. The third-order valence-corrected chi connectivity index (χ3v) is 2.28. The zero-order valence-electron chi connectivity index (χ0n) is 9.88. The zero-order valence-corrected chi connectivity index (χ0v) is 9.88. The van der Waals surface area contributed by atoms with Crippen LogP contribution in [0.4, 0.5) is 13.2 Å². The van der Waals surface area contributed by atoms with Gasteiger partial charge >= 0.3 is 6.18 Å². The SMILES string of the molecule is CN(C)CCc1noc(C(C)(N)C(F)(F)F)n1. The van der Waals surface area contributed by atoms with Gasteiger partial charge in [0, 0.05) is 13.0 Å². The van der Waals surface area contributed by atoms with Crippen LogP contribution < -0.4 is 5.73 Å². The maximum Gasteiger partial charge on any atom is 0.415 e. The molecule has 8 heteroatoms. The Morgan fingerprint density at radius 3 is 2.41 bits per heavy atom. The van der Waals surface area contributed by atoms with Crippen molar-refractivity contribution in [1.29, 1.82) is 0 Å². The third-order valence-electron chi connectivity index (χ3n) is 2.28. The third kappa shape index (κ3) is 3.16. The lowest BCUT2D eigenvalue weighted by Gasteiger charge is -2.22. The molecular formula is C9H15F3N4O. The molecule has 0 spiro atoms. The molecule has 2 N–H and O–H groups in total. The molecule has 1 aromatic rings. The van der Waals surface area contributed by atoms with E-state index >= 15 is 0 Å². The predicted molar refractivity (Wildman–Crippen MR) is 54.2 cm³/mol. The minimum Gasteiger partial charge on any atom is -0.337 e. The van der Waals surface area contributed by atoms with Crippen LogP contribution in [-0.2, 0) is 12.0 Å². The Bertz CT molecular complexity index is 373. The van der Waals surface area contributed by atoms with Gasteiger partial charge in [0.15, 0.2) is 11.4 Å². The lowest BCUT2D eigenvalue weighted by atomic mass is 10.0. The van der Waals surface area contributed by atoms with E-state index < -0.39 is 17.6 Å². The maximum absolute atomic E-state index is 12.6. The topological polar surface area (TPSA) is 68.2 Å². The fourth-order valence-electron chi connectivity index (χ4n) is 1.01. The van der Waals surface area contributed by atoms with Crippen LogP contribution in [0.2, 0.25) is 0 Å². The Morgan fingerprint density at radius 1 is 1.35 bits per heavy atom. The number of nitrogens with two attached hydrogens (primary N) is 1. The number of halogens is 3. The van der Waals surface area contributed by atoms with Crippen LogP contribution in [0.5, 0.6) is 0 Å². The van der Waals surface area contributed by atoms with Gasteiger partial charge in [0.25, 0.3) is 5.89 Å². The van der Waals surface area contributed by atoms with Gasteiger partial charge in [-0.2, -0.15) is 18.2 Å². The standard InChI is InChI=1S/C9H15F3N4O/c1-8(13,9(10,11)12)7-14-6(15-17-7)4-5-16(2)3/h4-5,13H2,1-3H3. The van der Waals surface area contributed by atoms with Crippen molar-refractivity contribution in [2.75, 3.05) is 20.6 Å². The van der Waals surface area contributed by atoms with Gasteiger partial charge in [-0.15, -0.1) is 0 Å². The van der Waals surface area contributed by atoms with Gasteiger partial charge < -0.3 is 15.2 Å². The first kappa shape index (κ1) is 13.9. The smallest absolute Gasteiger partial charge is 0.337 e. The molecule has 0 aromatic carbocycles. The Kier molecular flexibility index (Phi) is 3.78. The molecule has 1 rings (SSSR count). The van der Waals surface area contributed by atoms with Crippen molar-refractivity contribution in [2.45, 2.75) is 25.1 Å². The lowest BCUT2D eigenvalue weighted by Crippen LogP contribution is -2.48. The van der Waals surface area contributed by atoms with Crippen molar-refractivity contribution >= 4 is 0 Å². The summed E-state index contributed by atoms with van der Waals surface area (Å²) in [5.74, 6) is -0.395. The predicted octanol–water partition coefficient (Wildman–Crippen LogP) is 0.910. The second kappa shape index (κ2) is 4.61. The summed E-state index contributed by atoms with van der Waals surface area (Å²) in [4.78, 5) is 5.53. The molecule has 17 heavy (non-hydrogen) atoms. The molecule has 0 aliphatic rings. The van der Waals surface area contributed by atoms with E-state index in [2.05, 4.69) is 14.7 Å². The van der Waals surface area contributed by atoms with Crippen LogP contribution in [0, 0.1) is 0 Å². The molecule has 0 aliphatic heterocycles. The quantitative estimate of drug-likeness (QED) is 0.862. The van der Waals surface area contributed by atoms with Crippen LogP contribution in [0.25, 0.3) is 0 Å². The molecule has 5 nitrogen and oxygen atoms in total. The zero-order chi connectivity index (χ0) is 13.3. The van der Waals surface area contributed by atoms with E-state index in [1.807, 2.05) is 19.0 Å². The number of hydrogen-bond donors (Lipinski definition) is 1. The largest absolute Gasteiger partial charge is 0.415 e. The van der Waals surface area contributed by atoms with Crippen molar-refractivity contribution in [2.24, 2.45) is 5.73 Å². The van der Waals surface area contributed by atoms with Crippen LogP contribution in [-0.4, -0.2) is 41.9 Å². The second-order valence-electron chi connectivity index (χ2n) is 4.27. The Balaban J connectivity index is 2.81. The summed E-state index contributed by atoms with van der Waals surface area (Å²) < 4.78 is 42.3. The second-order valence-corrected chi connectivity index (χ2v) is 4.27. The average Bonchev–Trinajstić information content (AvgIpc) is 2.61. The van der Waals surface area contributed by atoms with Crippen LogP contribution in [0.3, 0.4) is 0 Å². The average molecular weight is 252 g/mol. The molecule has 98 valence electrons. The minimum absolute atomic E-state index is 0.217. The van der Waals surface area contributed by atoms with Gasteiger partial charge in [-0.3, -0.25) is 0 Å². The molecule has 0 bridgehead atoms. The molecule has 0 saturated carbocycles. The number of aromatic nitrogens is 2. The van der Waals surface area contributed by atoms with E-state index in [4.69, 9.17) is 5.73 Å².